The molecule has 0 aliphatic carbocycles. The summed E-state index contributed by atoms with van der Waals surface area (Å²) < 4.78 is 17.0. The summed E-state index contributed by atoms with van der Waals surface area (Å²) >= 11 is 0. The van der Waals surface area contributed by atoms with Crippen molar-refractivity contribution >= 4 is 17.9 Å². The molecule has 0 bridgehead atoms. The van der Waals surface area contributed by atoms with Gasteiger partial charge in [-0.25, -0.2) is 0 Å². The molecule has 0 aliphatic rings. The zero-order chi connectivity index (χ0) is 57.1. The van der Waals surface area contributed by atoms with Gasteiger partial charge in [0.25, 0.3) is 0 Å². The summed E-state index contributed by atoms with van der Waals surface area (Å²) in [5.74, 6) is -0.864. The number of hydrogen-bond acceptors (Lipinski definition) is 6. The van der Waals surface area contributed by atoms with E-state index in [4.69, 9.17) is 14.2 Å². The Morgan fingerprint density at radius 1 is 0.253 bits per heavy atom. The highest BCUT2D eigenvalue weighted by Crippen LogP contribution is 2.17. The average molecular weight is 1110 g/mol. The predicted molar refractivity (Wildman–Crippen MR) is 344 cm³/mol. The van der Waals surface area contributed by atoms with Crippen LogP contribution in [0.2, 0.25) is 0 Å². The summed E-state index contributed by atoms with van der Waals surface area (Å²) in [6.07, 6.45) is 86.6. The fraction of sp³-hybridized carbons (Fsp3) is 0.822. The summed E-state index contributed by atoms with van der Waals surface area (Å²) in [5, 5.41) is 0. The minimum absolute atomic E-state index is 0.0753. The first-order valence-electron chi connectivity index (χ1n) is 34.8. The molecular formula is C73H132O6. The first kappa shape index (κ1) is 76.1. The highest BCUT2D eigenvalue weighted by atomic mass is 16.6. The molecule has 0 saturated carbocycles. The SMILES string of the molecule is CCCCC/C=C\C/C=C\CCCCCCCCCC(=O)OCC(COC(=O)CCCCCCCCCCCCCCC/C=C\C/C=C\CCCCCCC)OC(=O)CCCCCCCCCCC/C=C\CCCCCCCC. The number of esters is 3. The summed E-state index contributed by atoms with van der Waals surface area (Å²) in [6.45, 7) is 6.65. The lowest BCUT2D eigenvalue weighted by Crippen LogP contribution is -2.30. The lowest BCUT2D eigenvalue weighted by Gasteiger charge is -2.18. The fourth-order valence-corrected chi connectivity index (χ4v) is 10.2. The molecule has 0 N–H and O–H groups in total. The van der Waals surface area contributed by atoms with Crippen molar-refractivity contribution in [2.75, 3.05) is 13.2 Å². The predicted octanol–water partition coefficient (Wildman–Crippen LogP) is 23.9. The molecule has 79 heavy (non-hydrogen) atoms. The van der Waals surface area contributed by atoms with E-state index in [1.54, 1.807) is 0 Å². The van der Waals surface area contributed by atoms with Gasteiger partial charge in [0.2, 0.25) is 0 Å². The maximum Gasteiger partial charge on any atom is 0.306 e. The molecule has 0 aliphatic heterocycles. The summed E-state index contributed by atoms with van der Waals surface area (Å²) in [6, 6.07) is 0. The molecule has 0 spiro atoms. The highest BCUT2D eigenvalue weighted by Gasteiger charge is 2.19. The van der Waals surface area contributed by atoms with Crippen molar-refractivity contribution in [2.24, 2.45) is 0 Å². The maximum atomic E-state index is 12.9. The summed E-state index contributed by atoms with van der Waals surface area (Å²) in [4.78, 5) is 38.4. The van der Waals surface area contributed by atoms with E-state index in [2.05, 4.69) is 81.5 Å². The lowest BCUT2D eigenvalue weighted by atomic mass is 10.0. The van der Waals surface area contributed by atoms with Crippen LogP contribution < -0.4 is 0 Å². The van der Waals surface area contributed by atoms with Crippen LogP contribution in [0, 0.1) is 0 Å². The van der Waals surface area contributed by atoms with Gasteiger partial charge in [-0.05, 0) is 109 Å². The van der Waals surface area contributed by atoms with E-state index in [0.717, 1.165) is 77.0 Å². The molecule has 1 atom stereocenters. The van der Waals surface area contributed by atoms with Gasteiger partial charge in [-0.3, -0.25) is 14.4 Å². The number of ether oxygens (including phenoxy) is 3. The Balaban J connectivity index is 4.32. The van der Waals surface area contributed by atoms with Crippen LogP contribution in [0.25, 0.3) is 0 Å². The van der Waals surface area contributed by atoms with Crippen LogP contribution in [0.5, 0.6) is 0 Å². The Morgan fingerprint density at radius 2 is 0.456 bits per heavy atom. The van der Waals surface area contributed by atoms with Gasteiger partial charge in [0, 0.05) is 19.3 Å². The van der Waals surface area contributed by atoms with Gasteiger partial charge < -0.3 is 14.2 Å². The van der Waals surface area contributed by atoms with Gasteiger partial charge in [0.05, 0.1) is 0 Å². The third kappa shape index (κ3) is 65.8. The van der Waals surface area contributed by atoms with E-state index in [0.29, 0.717) is 19.3 Å². The Kier molecular flexibility index (Phi) is 65.1. The topological polar surface area (TPSA) is 78.9 Å². The van der Waals surface area contributed by atoms with Crippen molar-refractivity contribution in [3.05, 3.63) is 60.8 Å². The lowest BCUT2D eigenvalue weighted by molar-refractivity contribution is -0.167. The Bertz CT molecular complexity index is 1410. The third-order valence-electron chi connectivity index (χ3n) is 15.5. The minimum atomic E-state index is -0.780. The summed E-state index contributed by atoms with van der Waals surface area (Å²) in [5.41, 5.74) is 0. The molecule has 6 nitrogen and oxygen atoms in total. The largest absolute Gasteiger partial charge is 0.462 e. The molecule has 0 aromatic rings. The van der Waals surface area contributed by atoms with Crippen LogP contribution in [0.15, 0.2) is 60.8 Å². The molecule has 1 unspecified atom stereocenters. The standard InChI is InChI=1S/C73H132O6/c1-4-7-10-13-16-19-22-25-28-31-33-34-35-36-37-38-40-42-45-48-51-54-57-60-63-66-72(75)78-69-70(68-77-71(74)65-62-59-56-53-50-47-44-41-30-27-24-21-18-15-12-9-6-3)79-73(76)67-64-61-58-55-52-49-46-43-39-32-29-26-23-20-17-14-11-8-5-2/h18,21-22,25-27,29-31,33,70H,4-17,19-20,23-24,28,32,34-69H2,1-3H3/b21-18-,25-22-,29-26-,30-27-,33-31-. The van der Waals surface area contributed by atoms with Gasteiger partial charge in [-0.2, -0.15) is 0 Å². The van der Waals surface area contributed by atoms with E-state index in [1.807, 2.05) is 0 Å². The molecule has 0 radical (unpaired) electrons. The van der Waals surface area contributed by atoms with Gasteiger partial charge in [0.1, 0.15) is 13.2 Å². The van der Waals surface area contributed by atoms with Gasteiger partial charge in [-0.15, -0.1) is 0 Å². The maximum absolute atomic E-state index is 12.9. The van der Waals surface area contributed by atoms with Gasteiger partial charge in [-0.1, -0.05) is 300 Å². The number of carbonyl (C=O) groups excluding carboxylic acids is 3. The Labute approximate surface area is 491 Å². The molecule has 0 rings (SSSR count). The van der Waals surface area contributed by atoms with Crippen LogP contribution in [0.3, 0.4) is 0 Å². The molecule has 6 heteroatoms. The zero-order valence-corrected chi connectivity index (χ0v) is 52.9. The van der Waals surface area contributed by atoms with E-state index in [1.165, 1.54) is 250 Å². The molecular weight excluding hydrogens is 973 g/mol. The minimum Gasteiger partial charge on any atom is -0.462 e. The molecule has 0 amide bonds. The molecule has 0 saturated heterocycles. The number of rotatable bonds is 64. The number of carbonyl (C=O) groups is 3. The second-order valence-electron chi connectivity index (χ2n) is 23.4. The van der Waals surface area contributed by atoms with Crippen molar-refractivity contribution in [2.45, 2.75) is 374 Å². The molecule has 460 valence electrons. The molecule has 0 fully saturated rings. The molecule has 0 heterocycles. The van der Waals surface area contributed by atoms with E-state index in [-0.39, 0.29) is 31.1 Å². The van der Waals surface area contributed by atoms with E-state index >= 15 is 0 Å². The van der Waals surface area contributed by atoms with E-state index < -0.39 is 6.10 Å². The van der Waals surface area contributed by atoms with Crippen molar-refractivity contribution in [3.63, 3.8) is 0 Å². The summed E-state index contributed by atoms with van der Waals surface area (Å²) in [7, 11) is 0. The first-order valence-corrected chi connectivity index (χ1v) is 34.8. The highest BCUT2D eigenvalue weighted by molar-refractivity contribution is 5.71. The van der Waals surface area contributed by atoms with Crippen LogP contribution >= 0.6 is 0 Å². The van der Waals surface area contributed by atoms with E-state index in [9.17, 15) is 14.4 Å². The fourth-order valence-electron chi connectivity index (χ4n) is 10.2. The normalized spacial score (nSPS) is 12.4. The average Bonchev–Trinajstić information content (AvgIpc) is 3.45. The number of hydrogen-bond donors (Lipinski definition) is 0. The monoisotopic (exact) mass is 1110 g/mol. The second-order valence-corrected chi connectivity index (χ2v) is 23.4. The van der Waals surface area contributed by atoms with Crippen molar-refractivity contribution in [1.82, 2.24) is 0 Å². The van der Waals surface area contributed by atoms with Crippen molar-refractivity contribution < 1.29 is 28.6 Å². The third-order valence-corrected chi connectivity index (χ3v) is 15.5. The Morgan fingerprint density at radius 3 is 0.734 bits per heavy atom. The number of unbranched alkanes of at least 4 members (excludes halogenated alkanes) is 43. The van der Waals surface area contributed by atoms with Crippen LogP contribution in [-0.4, -0.2) is 37.2 Å². The smallest absolute Gasteiger partial charge is 0.306 e. The van der Waals surface area contributed by atoms with Crippen LogP contribution in [-0.2, 0) is 28.6 Å². The Hall–Kier alpha value is -2.89. The first-order chi connectivity index (χ1) is 39.0. The zero-order valence-electron chi connectivity index (χ0n) is 52.9. The number of allylic oxidation sites excluding steroid dienone is 10. The van der Waals surface area contributed by atoms with Crippen LogP contribution in [0.4, 0.5) is 0 Å². The molecule has 0 aromatic carbocycles. The quantitative estimate of drug-likeness (QED) is 0.0261. The van der Waals surface area contributed by atoms with Crippen molar-refractivity contribution in [1.29, 1.82) is 0 Å². The van der Waals surface area contributed by atoms with Gasteiger partial charge >= 0.3 is 17.9 Å². The van der Waals surface area contributed by atoms with Crippen LogP contribution in [0.1, 0.15) is 367 Å². The van der Waals surface area contributed by atoms with Gasteiger partial charge in [0.15, 0.2) is 6.10 Å². The second kappa shape index (κ2) is 67.6. The van der Waals surface area contributed by atoms with Crippen molar-refractivity contribution in [3.8, 4) is 0 Å². The molecule has 0 aromatic heterocycles.